The van der Waals surface area contributed by atoms with Gasteiger partial charge in [0, 0.05) is 0 Å². The van der Waals surface area contributed by atoms with Gasteiger partial charge in [0.25, 0.3) is 0 Å². The topological polar surface area (TPSA) is 9.23 Å². The first-order valence-electron chi connectivity index (χ1n) is 11.1. The molecule has 0 aliphatic heterocycles. The molecule has 0 N–H and O–H groups in total. The fourth-order valence-electron chi connectivity index (χ4n) is 4.42. The molecular weight excluding hydrogens is 416 g/mol. The highest BCUT2D eigenvalue weighted by Crippen LogP contribution is 2.40. The van der Waals surface area contributed by atoms with Crippen molar-refractivity contribution in [3.8, 4) is 28.0 Å². The lowest BCUT2D eigenvalue weighted by atomic mass is 9.98. The average molecular weight is 442 g/mol. The van der Waals surface area contributed by atoms with Gasteiger partial charge < -0.3 is 4.74 Å². The van der Waals surface area contributed by atoms with E-state index in [0.717, 1.165) is 41.7 Å². The molecule has 1 aliphatic rings. The Bertz CT molecular complexity index is 1100. The molecule has 0 heterocycles. The molecule has 0 atom stereocenters. The third-order valence-corrected chi connectivity index (χ3v) is 6.01. The minimum atomic E-state index is -4.92. The van der Waals surface area contributed by atoms with Crippen LogP contribution in [0, 0.1) is 5.82 Å². The Labute approximate surface area is 186 Å². The van der Waals surface area contributed by atoms with Crippen LogP contribution in [0.15, 0.2) is 54.6 Å². The molecule has 32 heavy (non-hydrogen) atoms. The van der Waals surface area contributed by atoms with Gasteiger partial charge in [0.15, 0.2) is 11.6 Å². The summed E-state index contributed by atoms with van der Waals surface area (Å²) in [6.07, 6.45) is 3.27. The predicted molar refractivity (Wildman–Crippen MR) is 119 cm³/mol. The van der Waals surface area contributed by atoms with Crippen LogP contribution in [-0.2, 0) is 12.8 Å². The number of hydrogen-bond donors (Lipinski definition) is 0. The third-order valence-electron chi connectivity index (χ3n) is 6.01. The molecule has 0 bridgehead atoms. The van der Waals surface area contributed by atoms with Gasteiger partial charge in [-0.3, -0.25) is 0 Å². The normalized spacial score (nSPS) is 12.5. The van der Waals surface area contributed by atoms with Crippen LogP contribution in [0.3, 0.4) is 0 Å². The van der Waals surface area contributed by atoms with Crippen LogP contribution >= 0.6 is 0 Å². The summed E-state index contributed by atoms with van der Waals surface area (Å²) in [4.78, 5) is 0. The molecule has 0 radical (unpaired) electrons. The summed E-state index contributed by atoms with van der Waals surface area (Å²) in [7, 11) is 0. The molecular formula is C27H26F4O. The number of aryl methyl sites for hydroxylation is 1. The van der Waals surface area contributed by atoms with Crippen molar-refractivity contribution in [3.63, 3.8) is 0 Å². The first kappa shape index (κ1) is 22.4. The summed E-state index contributed by atoms with van der Waals surface area (Å²) in [5.41, 5.74) is 7.47. The molecule has 0 aromatic heterocycles. The molecule has 168 valence electrons. The van der Waals surface area contributed by atoms with Gasteiger partial charge in [-0.05, 0) is 70.3 Å². The van der Waals surface area contributed by atoms with E-state index in [0.29, 0.717) is 5.56 Å². The number of halogens is 4. The van der Waals surface area contributed by atoms with Crippen LogP contribution in [0.2, 0.25) is 0 Å². The summed E-state index contributed by atoms with van der Waals surface area (Å²) < 4.78 is 55.0. The number of ether oxygens (including phenoxy) is 1. The molecule has 1 nitrogen and oxygen atoms in total. The Kier molecular flexibility index (Phi) is 6.54. The Hall–Kier alpha value is -2.82. The number of benzene rings is 3. The van der Waals surface area contributed by atoms with Crippen LogP contribution in [-0.4, -0.2) is 6.36 Å². The number of rotatable bonds is 8. The van der Waals surface area contributed by atoms with Crippen molar-refractivity contribution in [3.05, 3.63) is 77.1 Å². The van der Waals surface area contributed by atoms with Crippen molar-refractivity contribution in [2.24, 2.45) is 0 Å². The van der Waals surface area contributed by atoms with E-state index in [4.69, 9.17) is 0 Å². The van der Waals surface area contributed by atoms with Gasteiger partial charge >= 0.3 is 6.36 Å². The van der Waals surface area contributed by atoms with Crippen molar-refractivity contribution < 1.29 is 22.3 Å². The van der Waals surface area contributed by atoms with Crippen molar-refractivity contribution >= 4 is 0 Å². The summed E-state index contributed by atoms with van der Waals surface area (Å²) in [5.74, 6) is -1.86. The molecule has 4 rings (SSSR count). The largest absolute Gasteiger partial charge is 0.573 e. The maximum atomic E-state index is 14.1. The van der Waals surface area contributed by atoms with Crippen LogP contribution < -0.4 is 4.74 Å². The number of unbranched alkanes of at least 4 members (excludes halogenated alkanes) is 4. The number of alkyl halides is 3. The Morgan fingerprint density at radius 2 is 1.44 bits per heavy atom. The van der Waals surface area contributed by atoms with E-state index in [1.54, 1.807) is 0 Å². The standard InChI is InChI=1S/C27H26F4O/c1-2-3-4-5-6-7-18-8-11-23-21(14-18)16-22-15-19(9-12-24(22)23)20-10-13-26(25(28)17-20)32-27(29,30)31/h8-15,17H,2-7,16H2,1H3. The maximum Gasteiger partial charge on any atom is 0.573 e. The monoisotopic (exact) mass is 442 g/mol. The molecule has 0 spiro atoms. The first-order valence-corrected chi connectivity index (χ1v) is 11.1. The van der Waals surface area contributed by atoms with Crippen molar-refractivity contribution in [1.29, 1.82) is 0 Å². The molecule has 0 fully saturated rings. The van der Waals surface area contributed by atoms with E-state index < -0.39 is 17.9 Å². The van der Waals surface area contributed by atoms with Gasteiger partial charge in [-0.25, -0.2) is 4.39 Å². The van der Waals surface area contributed by atoms with Crippen LogP contribution in [0.1, 0.15) is 55.7 Å². The van der Waals surface area contributed by atoms with E-state index in [1.807, 2.05) is 18.2 Å². The lowest BCUT2D eigenvalue weighted by Gasteiger charge is -2.11. The van der Waals surface area contributed by atoms with Crippen LogP contribution in [0.4, 0.5) is 17.6 Å². The minimum absolute atomic E-state index is 0.517. The highest BCUT2D eigenvalue weighted by atomic mass is 19.4. The summed E-state index contributed by atoms with van der Waals surface area (Å²) in [6.45, 7) is 2.22. The van der Waals surface area contributed by atoms with Gasteiger partial charge in [-0.2, -0.15) is 0 Å². The summed E-state index contributed by atoms with van der Waals surface area (Å²) in [5, 5.41) is 0. The van der Waals surface area contributed by atoms with Gasteiger partial charge in [0.05, 0.1) is 0 Å². The second kappa shape index (κ2) is 9.35. The fraction of sp³-hybridized carbons (Fsp3) is 0.333. The smallest absolute Gasteiger partial charge is 0.403 e. The first-order chi connectivity index (χ1) is 15.3. The zero-order valence-corrected chi connectivity index (χ0v) is 18.1. The average Bonchev–Trinajstić information content (AvgIpc) is 3.11. The van der Waals surface area contributed by atoms with Gasteiger partial charge in [-0.15, -0.1) is 13.2 Å². The highest BCUT2D eigenvalue weighted by molar-refractivity contribution is 5.80. The zero-order valence-electron chi connectivity index (χ0n) is 18.1. The molecule has 0 saturated heterocycles. The molecule has 0 amide bonds. The summed E-state index contributed by atoms with van der Waals surface area (Å²) >= 11 is 0. The fourth-order valence-corrected chi connectivity index (χ4v) is 4.42. The Morgan fingerprint density at radius 3 is 2.16 bits per heavy atom. The van der Waals surface area contributed by atoms with Crippen LogP contribution in [0.25, 0.3) is 22.3 Å². The second-order valence-corrected chi connectivity index (χ2v) is 8.40. The molecule has 0 unspecified atom stereocenters. The van der Waals surface area contributed by atoms with E-state index in [-0.39, 0.29) is 0 Å². The SMILES string of the molecule is CCCCCCCc1ccc2c(c1)Cc1cc(-c3ccc(OC(F)(F)F)c(F)c3)ccc1-2. The Morgan fingerprint density at radius 1 is 0.781 bits per heavy atom. The molecule has 3 aromatic rings. The van der Waals surface area contributed by atoms with E-state index >= 15 is 0 Å². The molecule has 5 heteroatoms. The second-order valence-electron chi connectivity index (χ2n) is 8.40. The molecule has 3 aromatic carbocycles. The Balaban J connectivity index is 1.49. The zero-order chi connectivity index (χ0) is 22.7. The quantitative estimate of drug-likeness (QED) is 0.196. The van der Waals surface area contributed by atoms with Gasteiger partial charge in [-0.1, -0.05) is 75.1 Å². The van der Waals surface area contributed by atoms with Crippen molar-refractivity contribution in [2.75, 3.05) is 0 Å². The highest BCUT2D eigenvalue weighted by Gasteiger charge is 2.32. The maximum absolute atomic E-state index is 14.1. The third kappa shape index (κ3) is 5.14. The number of hydrogen-bond acceptors (Lipinski definition) is 1. The molecule has 1 aliphatic carbocycles. The van der Waals surface area contributed by atoms with E-state index in [1.165, 1.54) is 54.9 Å². The lowest BCUT2D eigenvalue weighted by Crippen LogP contribution is -2.17. The van der Waals surface area contributed by atoms with Gasteiger partial charge in [0.1, 0.15) is 0 Å². The van der Waals surface area contributed by atoms with Crippen LogP contribution in [0.5, 0.6) is 5.75 Å². The predicted octanol–water partition coefficient (Wildman–Crippen LogP) is 8.48. The van der Waals surface area contributed by atoms with E-state index in [2.05, 4.69) is 29.9 Å². The van der Waals surface area contributed by atoms with Crippen molar-refractivity contribution in [1.82, 2.24) is 0 Å². The van der Waals surface area contributed by atoms with Crippen molar-refractivity contribution in [2.45, 2.75) is 58.2 Å². The number of fused-ring (bicyclic) bond motifs is 3. The van der Waals surface area contributed by atoms with Gasteiger partial charge in [0.2, 0.25) is 0 Å². The molecule has 0 saturated carbocycles. The minimum Gasteiger partial charge on any atom is -0.403 e. The lowest BCUT2D eigenvalue weighted by molar-refractivity contribution is -0.275. The van der Waals surface area contributed by atoms with E-state index in [9.17, 15) is 17.6 Å². The summed E-state index contributed by atoms with van der Waals surface area (Å²) in [6, 6.07) is 16.1.